The summed E-state index contributed by atoms with van der Waals surface area (Å²) in [6.45, 7) is 3.52. The fraction of sp³-hybridized carbons (Fsp3) is 0.174. The Balaban J connectivity index is 1.91. The van der Waals surface area contributed by atoms with Crippen LogP contribution in [0.25, 0.3) is 0 Å². The predicted octanol–water partition coefficient (Wildman–Crippen LogP) is 4.87. The number of anilines is 2. The zero-order valence-electron chi connectivity index (χ0n) is 18.9. The Morgan fingerprint density at radius 1 is 1.14 bits per heavy atom. The van der Waals surface area contributed by atoms with E-state index in [-0.39, 0.29) is 32.6 Å². The molecule has 0 saturated carbocycles. The summed E-state index contributed by atoms with van der Waals surface area (Å²) in [6, 6.07) is 11.9. The number of amides is 1. The summed E-state index contributed by atoms with van der Waals surface area (Å²) in [4.78, 5) is 26.1. The smallest absolute Gasteiger partial charge is 0.348 e. The molecule has 3 aromatic rings. The molecule has 1 amide bonds. The summed E-state index contributed by atoms with van der Waals surface area (Å²) in [5, 5.41) is 14.1. The number of benzene rings is 2. The number of thiophene rings is 1. The lowest BCUT2D eigenvalue weighted by molar-refractivity contribution is 0.0531. The number of ether oxygens (including phenoxy) is 2. The highest BCUT2D eigenvalue weighted by Gasteiger charge is 2.24. The molecule has 0 spiro atoms. The van der Waals surface area contributed by atoms with E-state index < -0.39 is 21.9 Å². The summed E-state index contributed by atoms with van der Waals surface area (Å²) in [5.74, 6) is -0.666. The molecule has 2 N–H and O–H groups in total. The highest BCUT2D eigenvalue weighted by Crippen LogP contribution is 2.40. The number of carbonyl (C=O) groups is 2. The normalized spacial score (nSPS) is 10.8. The molecule has 182 valence electrons. The molecule has 0 bridgehead atoms. The number of hydrogen-bond donors (Lipinski definition) is 2. The van der Waals surface area contributed by atoms with E-state index in [9.17, 15) is 23.3 Å². The second-order valence-corrected chi connectivity index (χ2v) is 10.4. The Morgan fingerprint density at radius 2 is 1.83 bits per heavy atom. The van der Waals surface area contributed by atoms with Crippen molar-refractivity contribution in [3.8, 4) is 11.2 Å². The number of nitrogens with zero attached hydrogens (tertiary/aromatic N) is 1. The predicted molar refractivity (Wildman–Crippen MR) is 135 cm³/mol. The average Bonchev–Trinajstić information content (AvgIpc) is 3.14. The number of nitrogens with one attached hydrogen (secondary N) is 2. The van der Waals surface area contributed by atoms with Crippen molar-refractivity contribution in [2.45, 2.75) is 23.6 Å². The van der Waals surface area contributed by atoms with Gasteiger partial charge in [0.05, 0.1) is 34.8 Å². The van der Waals surface area contributed by atoms with E-state index in [1.165, 1.54) is 43.5 Å². The first-order valence-electron chi connectivity index (χ1n) is 10.2. The minimum atomic E-state index is -4.00. The van der Waals surface area contributed by atoms with E-state index in [2.05, 4.69) is 10.0 Å². The maximum Gasteiger partial charge on any atom is 0.348 e. The van der Waals surface area contributed by atoms with Gasteiger partial charge in [-0.3, -0.25) is 9.52 Å². The molecule has 0 aliphatic rings. The monoisotopic (exact) mass is 531 g/mol. The van der Waals surface area contributed by atoms with Gasteiger partial charge in [-0.25, -0.2) is 13.2 Å². The molecule has 12 heteroatoms. The lowest BCUT2D eigenvalue weighted by Gasteiger charge is -2.13. The topological polar surface area (TPSA) is 135 Å². The number of methoxy groups -OCH3 is 1. The SMILES string of the molecule is CCOC(=O)c1sc(NC(=O)c2ccccc2NS(=O)(=O)c2ccc(OC)cc2)c(SC#N)c1C. The van der Waals surface area contributed by atoms with Gasteiger partial charge in [-0.15, -0.1) is 11.3 Å². The van der Waals surface area contributed by atoms with Gasteiger partial charge in [0.25, 0.3) is 15.9 Å². The van der Waals surface area contributed by atoms with Crippen LogP contribution in [-0.4, -0.2) is 34.0 Å². The second kappa shape index (κ2) is 11.3. The van der Waals surface area contributed by atoms with Crippen molar-refractivity contribution in [1.82, 2.24) is 0 Å². The molecule has 0 aliphatic heterocycles. The van der Waals surface area contributed by atoms with E-state index in [1.54, 1.807) is 26.0 Å². The minimum Gasteiger partial charge on any atom is -0.497 e. The van der Waals surface area contributed by atoms with Crippen LogP contribution in [0.3, 0.4) is 0 Å². The van der Waals surface area contributed by atoms with E-state index >= 15 is 0 Å². The number of hydrogen-bond acceptors (Lipinski definition) is 9. The lowest BCUT2D eigenvalue weighted by Crippen LogP contribution is -2.18. The zero-order valence-corrected chi connectivity index (χ0v) is 21.4. The molecule has 2 aromatic carbocycles. The largest absolute Gasteiger partial charge is 0.497 e. The van der Waals surface area contributed by atoms with Gasteiger partial charge in [-0.05, 0) is 67.6 Å². The fourth-order valence-electron chi connectivity index (χ4n) is 3.04. The fourth-order valence-corrected chi connectivity index (χ4v) is 5.92. The molecule has 3 rings (SSSR count). The molecule has 0 saturated heterocycles. The van der Waals surface area contributed by atoms with Crippen molar-refractivity contribution < 1.29 is 27.5 Å². The van der Waals surface area contributed by atoms with E-state index in [0.29, 0.717) is 16.2 Å². The van der Waals surface area contributed by atoms with Crippen molar-refractivity contribution in [1.29, 1.82) is 5.26 Å². The van der Waals surface area contributed by atoms with Crippen molar-refractivity contribution >= 4 is 55.7 Å². The molecule has 0 radical (unpaired) electrons. The van der Waals surface area contributed by atoms with Crippen LogP contribution in [-0.2, 0) is 14.8 Å². The molecule has 0 atom stereocenters. The van der Waals surface area contributed by atoms with Crippen molar-refractivity contribution in [2.24, 2.45) is 0 Å². The third-order valence-corrected chi connectivity index (χ3v) is 8.22. The Hall–Kier alpha value is -3.53. The van der Waals surface area contributed by atoms with Gasteiger partial charge < -0.3 is 14.8 Å². The van der Waals surface area contributed by atoms with E-state index in [1.807, 2.05) is 5.40 Å². The summed E-state index contributed by atoms with van der Waals surface area (Å²) in [5.41, 5.74) is 0.638. The number of thioether (sulfide) groups is 1. The summed E-state index contributed by atoms with van der Waals surface area (Å²) < 4.78 is 38.3. The van der Waals surface area contributed by atoms with Crippen LogP contribution >= 0.6 is 23.1 Å². The van der Waals surface area contributed by atoms with Gasteiger partial charge in [-0.2, -0.15) is 5.26 Å². The summed E-state index contributed by atoms with van der Waals surface area (Å²) >= 11 is 1.80. The van der Waals surface area contributed by atoms with E-state index in [0.717, 1.165) is 23.1 Å². The van der Waals surface area contributed by atoms with Crippen molar-refractivity contribution in [2.75, 3.05) is 23.8 Å². The van der Waals surface area contributed by atoms with Gasteiger partial charge in [-0.1, -0.05) is 12.1 Å². The molecule has 9 nitrogen and oxygen atoms in total. The molecule has 0 fully saturated rings. The third-order valence-electron chi connectivity index (χ3n) is 4.71. The first kappa shape index (κ1) is 26.1. The van der Waals surface area contributed by atoms with Crippen LogP contribution in [0, 0.1) is 17.6 Å². The second-order valence-electron chi connectivity index (χ2n) is 6.91. The van der Waals surface area contributed by atoms with Crippen LogP contribution in [0.15, 0.2) is 58.3 Å². The number of carbonyl (C=O) groups excluding carboxylic acids is 2. The summed E-state index contributed by atoms with van der Waals surface area (Å²) in [6.07, 6.45) is 0. The summed E-state index contributed by atoms with van der Waals surface area (Å²) in [7, 11) is -2.52. The molecular weight excluding hydrogens is 510 g/mol. The van der Waals surface area contributed by atoms with Crippen LogP contribution < -0.4 is 14.8 Å². The van der Waals surface area contributed by atoms with Gasteiger partial charge in [0.15, 0.2) is 0 Å². The molecule has 1 heterocycles. The van der Waals surface area contributed by atoms with Crippen LogP contribution in [0.1, 0.15) is 32.5 Å². The van der Waals surface area contributed by atoms with Gasteiger partial charge in [0.2, 0.25) is 0 Å². The first-order valence-corrected chi connectivity index (χ1v) is 13.3. The Kier molecular flexibility index (Phi) is 8.39. The number of rotatable bonds is 9. The van der Waals surface area contributed by atoms with Crippen LogP contribution in [0.5, 0.6) is 5.75 Å². The molecule has 0 aliphatic carbocycles. The Morgan fingerprint density at radius 3 is 2.46 bits per heavy atom. The van der Waals surface area contributed by atoms with Gasteiger partial charge in [0.1, 0.15) is 21.0 Å². The molecule has 35 heavy (non-hydrogen) atoms. The third kappa shape index (κ3) is 5.94. The number of esters is 1. The number of para-hydroxylation sites is 1. The first-order chi connectivity index (χ1) is 16.7. The minimum absolute atomic E-state index is 0.00539. The van der Waals surface area contributed by atoms with Crippen molar-refractivity contribution in [3.63, 3.8) is 0 Å². The molecular formula is C23H21N3O6S3. The quantitative estimate of drug-likeness (QED) is 0.227. The average molecular weight is 532 g/mol. The highest BCUT2D eigenvalue weighted by atomic mass is 32.2. The van der Waals surface area contributed by atoms with Gasteiger partial charge in [0, 0.05) is 0 Å². The van der Waals surface area contributed by atoms with Crippen molar-refractivity contribution in [3.05, 3.63) is 64.5 Å². The molecule has 1 aromatic heterocycles. The lowest BCUT2D eigenvalue weighted by atomic mass is 10.1. The molecule has 0 unspecified atom stereocenters. The highest BCUT2D eigenvalue weighted by molar-refractivity contribution is 8.04. The Labute approximate surface area is 211 Å². The van der Waals surface area contributed by atoms with Crippen LogP contribution in [0.4, 0.5) is 10.7 Å². The maximum atomic E-state index is 13.1. The number of thiocyanates is 1. The number of sulfonamides is 1. The van der Waals surface area contributed by atoms with Gasteiger partial charge >= 0.3 is 5.97 Å². The van der Waals surface area contributed by atoms with E-state index in [4.69, 9.17) is 9.47 Å². The Bertz CT molecular complexity index is 1390. The number of nitriles is 1. The zero-order chi connectivity index (χ0) is 25.6. The standard InChI is InChI=1S/C23H21N3O6S3/c1-4-32-23(28)20-14(2)19(33-13-24)22(34-20)25-21(27)17-7-5-6-8-18(17)26-35(29,30)16-11-9-15(31-3)10-12-16/h5-12,26H,4H2,1-3H3,(H,25,27). The maximum absolute atomic E-state index is 13.1. The van der Waals surface area contributed by atoms with Crippen LogP contribution in [0.2, 0.25) is 0 Å².